The van der Waals surface area contributed by atoms with E-state index in [1.807, 2.05) is 0 Å². The summed E-state index contributed by atoms with van der Waals surface area (Å²) in [5.74, 6) is -1.17. The van der Waals surface area contributed by atoms with Gasteiger partial charge in [0.1, 0.15) is 0 Å². The maximum Gasteiger partial charge on any atom is 0.416 e. The molecule has 10 heteroatoms. The van der Waals surface area contributed by atoms with E-state index in [4.69, 9.17) is 14.6 Å². The van der Waals surface area contributed by atoms with E-state index < -0.39 is 30.2 Å². The first-order chi connectivity index (χ1) is 14.2. The molecular formula is C20H19F3N2O5. The van der Waals surface area contributed by atoms with Crippen LogP contribution in [0.15, 0.2) is 47.6 Å². The Balaban J connectivity index is 1.99. The molecule has 2 aromatic carbocycles. The van der Waals surface area contributed by atoms with Crippen molar-refractivity contribution in [3.63, 3.8) is 0 Å². The van der Waals surface area contributed by atoms with Gasteiger partial charge < -0.3 is 14.6 Å². The van der Waals surface area contributed by atoms with Crippen LogP contribution in [0.1, 0.15) is 23.6 Å². The number of hydrogen-bond donors (Lipinski definition) is 2. The molecule has 0 aliphatic rings. The number of carboxylic acid groups (broad SMARTS) is 1. The third-order valence-electron chi connectivity index (χ3n) is 3.64. The number of rotatable bonds is 9. The fourth-order valence-corrected chi connectivity index (χ4v) is 2.39. The molecule has 160 valence electrons. The lowest BCUT2D eigenvalue weighted by Gasteiger charge is -2.11. The van der Waals surface area contributed by atoms with Gasteiger partial charge in [-0.05, 0) is 42.3 Å². The van der Waals surface area contributed by atoms with Crippen LogP contribution in [0.25, 0.3) is 0 Å². The first-order valence-electron chi connectivity index (χ1n) is 8.78. The highest BCUT2D eigenvalue weighted by atomic mass is 19.4. The third kappa shape index (κ3) is 7.12. The van der Waals surface area contributed by atoms with Gasteiger partial charge in [0, 0.05) is 0 Å². The Labute approximate surface area is 170 Å². The Kier molecular flexibility index (Phi) is 7.79. The molecule has 0 aromatic heterocycles. The van der Waals surface area contributed by atoms with Crippen molar-refractivity contribution in [2.45, 2.75) is 19.5 Å². The van der Waals surface area contributed by atoms with E-state index in [9.17, 15) is 22.8 Å². The number of nitrogens with one attached hydrogen (secondary N) is 1. The Morgan fingerprint density at radius 3 is 2.57 bits per heavy atom. The van der Waals surface area contributed by atoms with Crippen molar-refractivity contribution in [1.29, 1.82) is 0 Å². The number of alkyl halides is 3. The molecule has 0 spiro atoms. The summed E-state index contributed by atoms with van der Waals surface area (Å²) in [5.41, 5.74) is 2.15. The monoisotopic (exact) mass is 424 g/mol. The van der Waals surface area contributed by atoms with Crippen molar-refractivity contribution in [3.8, 4) is 11.5 Å². The number of carbonyl (C=O) groups is 2. The van der Waals surface area contributed by atoms with Gasteiger partial charge in [0.25, 0.3) is 0 Å². The smallest absolute Gasteiger partial charge is 0.416 e. The highest BCUT2D eigenvalue weighted by Gasteiger charge is 2.30. The molecule has 7 nitrogen and oxygen atoms in total. The molecule has 0 bridgehead atoms. The first kappa shape index (κ1) is 22.7. The van der Waals surface area contributed by atoms with Gasteiger partial charge in [-0.15, -0.1) is 0 Å². The van der Waals surface area contributed by atoms with E-state index in [0.29, 0.717) is 17.9 Å². The Morgan fingerprint density at radius 1 is 1.13 bits per heavy atom. The molecule has 0 aliphatic carbocycles. The van der Waals surface area contributed by atoms with Crippen molar-refractivity contribution >= 4 is 18.1 Å². The summed E-state index contributed by atoms with van der Waals surface area (Å²) in [6.45, 7) is 1.53. The van der Waals surface area contributed by atoms with Crippen LogP contribution in [-0.2, 0) is 22.2 Å². The van der Waals surface area contributed by atoms with Gasteiger partial charge >= 0.3 is 12.1 Å². The van der Waals surface area contributed by atoms with Crippen LogP contribution in [-0.4, -0.2) is 36.4 Å². The standard InChI is InChI=1S/C20H19F3N2O5/c1-2-29-17-9-14(6-7-16(17)30-12-19(27)28)11-24-25-18(26)10-13-4-3-5-15(8-13)20(21,22)23/h3-9,11H,2,10,12H2,1H3,(H,25,26)(H,27,28)/b24-11+. The zero-order valence-corrected chi connectivity index (χ0v) is 15.9. The average Bonchev–Trinajstić information content (AvgIpc) is 2.67. The van der Waals surface area contributed by atoms with Gasteiger partial charge in [-0.3, -0.25) is 4.79 Å². The van der Waals surface area contributed by atoms with E-state index in [2.05, 4.69) is 10.5 Å². The molecule has 1 amide bonds. The molecule has 0 unspecified atom stereocenters. The number of hydrazone groups is 1. The first-order valence-corrected chi connectivity index (χ1v) is 8.78. The summed E-state index contributed by atoms with van der Waals surface area (Å²) >= 11 is 0. The molecule has 0 heterocycles. The zero-order chi connectivity index (χ0) is 22.1. The quantitative estimate of drug-likeness (QED) is 0.476. The third-order valence-corrected chi connectivity index (χ3v) is 3.64. The maximum absolute atomic E-state index is 12.7. The number of amides is 1. The van der Waals surface area contributed by atoms with Gasteiger partial charge in [-0.1, -0.05) is 18.2 Å². The molecule has 30 heavy (non-hydrogen) atoms. The highest BCUT2D eigenvalue weighted by molar-refractivity contribution is 5.84. The minimum Gasteiger partial charge on any atom is -0.490 e. The predicted octanol–water partition coefficient (Wildman–Crippen LogP) is 3.26. The lowest BCUT2D eigenvalue weighted by molar-refractivity contribution is -0.139. The van der Waals surface area contributed by atoms with E-state index >= 15 is 0 Å². The highest BCUT2D eigenvalue weighted by Crippen LogP contribution is 2.30. The van der Waals surface area contributed by atoms with Gasteiger partial charge in [0.15, 0.2) is 18.1 Å². The summed E-state index contributed by atoms with van der Waals surface area (Å²) < 4.78 is 48.7. The predicted molar refractivity (Wildman–Crippen MR) is 102 cm³/mol. The summed E-state index contributed by atoms with van der Waals surface area (Å²) in [4.78, 5) is 22.6. The molecule has 0 fully saturated rings. The summed E-state index contributed by atoms with van der Waals surface area (Å²) in [6.07, 6.45) is -3.44. The fraction of sp³-hybridized carbons (Fsp3) is 0.250. The molecule has 2 aromatic rings. The molecule has 0 atom stereocenters. The summed E-state index contributed by atoms with van der Waals surface area (Å²) in [5, 5.41) is 12.5. The lowest BCUT2D eigenvalue weighted by atomic mass is 10.1. The molecular weight excluding hydrogens is 405 g/mol. The average molecular weight is 424 g/mol. The number of halogens is 3. The molecule has 2 N–H and O–H groups in total. The Hall–Kier alpha value is -3.56. The van der Waals surface area contributed by atoms with Crippen LogP contribution in [0.3, 0.4) is 0 Å². The topological polar surface area (TPSA) is 97.2 Å². The molecule has 0 saturated heterocycles. The Morgan fingerprint density at radius 2 is 1.90 bits per heavy atom. The minimum absolute atomic E-state index is 0.205. The SMILES string of the molecule is CCOc1cc(/C=N/NC(=O)Cc2cccc(C(F)(F)F)c2)ccc1OCC(=O)O. The van der Waals surface area contributed by atoms with Gasteiger partial charge in [-0.2, -0.15) is 18.3 Å². The molecule has 0 radical (unpaired) electrons. The van der Waals surface area contributed by atoms with E-state index in [-0.39, 0.29) is 17.7 Å². The number of benzene rings is 2. The fourth-order valence-electron chi connectivity index (χ4n) is 2.39. The number of carboxylic acids is 1. The van der Waals surface area contributed by atoms with Crippen molar-refractivity contribution in [3.05, 3.63) is 59.2 Å². The minimum atomic E-state index is -4.48. The second-order valence-electron chi connectivity index (χ2n) is 5.99. The summed E-state index contributed by atoms with van der Waals surface area (Å²) in [7, 11) is 0. The zero-order valence-electron chi connectivity index (χ0n) is 15.9. The van der Waals surface area contributed by atoms with Gasteiger partial charge in [0.2, 0.25) is 5.91 Å². The lowest BCUT2D eigenvalue weighted by Crippen LogP contribution is -2.20. The van der Waals surface area contributed by atoms with Crippen molar-refractivity contribution in [1.82, 2.24) is 5.43 Å². The Bertz CT molecular complexity index is 929. The van der Waals surface area contributed by atoms with Crippen LogP contribution >= 0.6 is 0 Å². The van der Waals surface area contributed by atoms with Gasteiger partial charge in [0.05, 0.1) is 24.8 Å². The number of nitrogens with zero attached hydrogens (tertiary/aromatic N) is 1. The van der Waals surface area contributed by atoms with E-state index in [0.717, 1.165) is 12.1 Å². The molecule has 2 rings (SSSR count). The van der Waals surface area contributed by atoms with Crippen LogP contribution in [0.4, 0.5) is 13.2 Å². The normalized spacial score (nSPS) is 11.3. The number of ether oxygens (including phenoxy) is 2. The van der Waals surface area contributed by atoms with Crippen LogP contribution in [0.2, 0.25) is 0 Å². The van der Waals surface area contributed by atoms with Crippen LogP contribution < -0.4 is 14.9 Å². The van der Waals surface area contributed by atoms with E-state index in [1.165, 1.54) is 24.4 Å². The van der Waals surface area contributed by atoms with Gasteiger partial charge in [-0.25, -0.2) is 10.2 Å². The number of hydrogen-bond acceptors (Lipinski definition) is 5. The van der Waals surface area contributed by atoms with Crippen LogP contribution in [0.5, 0.6) is 11.5 Å². The molecule has 0 saturated carbocycles. The number of carbonyl (C=O) groups excluding carboxylic acids is 1. The van der Waals surface area contributed by atoms with E-state index in [1.54, 1.807) is 19.1 Å². The maximum atomic E-state index is 12.7. The second kappa shape index (κ2) is 10.3. The van der Waals surface area contributed by atoms with Crippen molar-refractivity contribution in [2.24, 2.45) is 5.10 Å². The molecule has 0 aliphatic heterocycles. The largest absolute Gasteiger partial charge is 0.490 e. The van der Waals surface area contributed by atoms with Crippen molar-refractivity contribution < 1.29 is 37.3 Å². The van der Waals surface area contributed by atoms with Crippen molar-refractivity contribution in [2.75, 3.05) is 13.2 Å². The number of aliphatic carboxylic acids is 1. The second-order valence-corrected chi connectivity index (χ2v) is 5.99. The summed E-state index contributed by atoms with van der Waals surface area (Å²) in [6, 6.07) is 9.11. The van der Waals surface area contributed by atoms with Crippen LogP contribution in [0, 0.1) is 0 Å².